The number of halogens is 2. The van der Waals surface area contributed by atoms with E-state index in [4.69, 9.17) is 32.7 Å². The van der Waals surface area contributed by atoms with E-state index in [2.05, 4.69) is 5.32 Å². The van der Waals surface area contributed by atoms with Gasteiger partial charge in [-0.1, -0.05) is 29.3 Å². The van der Waals surface area contributed by atoms with E-state index in [-0.39, 0.29) is 5.57 Å². The van der Waals surface area contributed by atoms with E-state index in [0.29, 0.717) is 40.4 Å². The SMILES string of the molecule is Cc1cc(C=C(C#N)C(=O)Nc2ccc3c(c2)OCCO3)c(C)n1-c1cccc(Cl)c1Cl. The highest BCUT2D eigenvalue weighted by atomic mass is 35.5. The molecule has 1 aliphatic heterocycles. The van der Waals surface area contributed by atoms with Crippen molar-refractivity contribution in [1.29, 1.82) is 5.26 Å². The predicted octanol–water partition coefficient (Wildman–Crippen LogP) is 5.72. The molecule has 0 unspecified atom stereocenters. The number of carbonyl (C=O) groups excluding carboxylic acids is 1. The standard InChI is InChI=1S/C24H19Cl2N3O3/c1-14-10-16(15(2)29(14)20-5-3-4-19(25)23(20)26)11-17(13-27)24(30)28-18-6-7-21-22(12-18)32-9-8-31-21/h3-7,10-12H,8-9H2,1-2H3,(H,28,30). The van der Waals surface area contributed by atoms with E-state index in [9.17, 15) is 10.1 Å². The molecule has 32 heavy (non-hydrogen) atoms. The summed E-state index contributed by atoms with van der Waals surface area (Å²) in [6.45, 7) is 4.74. The van der Waals surface area contributed by atoms with Crippen molar-refractivity contribution < 1.29 is 14.3 Å². The Kier molecular flexibility index (Phi) is 6.13. The lowest BCUT2D eigenvalue weighted by molar-refractivity contribution is -0.112. The molecule has 0 bridgehead atoms. The molecule has 1 N–H and O–H groups in total. The van der Waals surface area contributed by atoms with E-state index in [1.807, 2.05) is 42.7 Å². The number of amides is 1. The van der Waals surface area contributed by atoms with Gasteiger partial charge < -0.3 is 19.4 Å². The molecule has 1 aliphatic rings. The van der Waals surface area contributed by atoms with E-state index in [1.54, 1.807) is 30.3 Å². The second-order valence-corrected chi connectivity index (χ2v) is 8.00. The van der Waals surface area contributed by atoms with Crippen LogP contribution in [0.4, 0.5) is 5.69 Å². The summed E-state index contributed by atoms with van der Waals surface area (Å²) in [6.07, 6.45) is 1.56. The van der Waals surface area contributed by atoms with Gasteiger partial charge in [0.05, 0.1) is 15.7 Å². The maximum Gasteiger partial charge on any atom is 0.266 e. The van der Waals surface area contributed by atoms with Crippen LogP contribution in [0, 0.1) is 25.2 Å². The van der Waals surface area contributed by atoms with Crippen LogP contribution in [0.3, 0.4) is 0 Å². The normalized spacial score (nSPS) is 12.9. The number of carbonyl (C=O) groups is 1. The first-order valence-corrected chi connectivity index (χ1v) is 10.6. The van der Waals surface area contributed by atoms with Crippen molar-refractivity contribution in [2.45, 2.75) is 13.8 Å². The zero-order valence-electron chi connectivity index (χ0n) is 17.4. The number of rotatable bonds is 4. The third-order valence-electron chi connectivity index (χ3n) is 5.11. The van der Waals surface area contributed by atoms with Crippen LogP contribution < -0.4 is 14.8 Å². The van der Waals surface area contributed by atoms with Crippen molar-refractivity contribution in [1.82, 2.24) is 4.57 Å². The Morgan fingerprint density at radius 3 is 2.62 bits per heavy atom. The van der Waals surface area contributed by atoms with Gasteiger partial charge in [0.1, 0.15) is 24.9 Å². The lowest BCUT2D eigenvalue weighted by Crippen LogP contribution is -2.17. The Labute approximate surface area is 195 Å². The van der Waals surface area contributed by atoms with Gasteiger partial charge in [-0.05, 0) is 55.8 Å². The van der Waals surface area contributed by atoms with Gasteiger partial charge in [0.15, 0.2) is 11.5 Å². The molecule has 6 nitrogen and oxygen atoms in total. The maximum absolute atomic E-state index is 12.8. The Morgan fingerprint density at radius 2 is 1.88 bits per heavy atom. The van der Waals surface area contributed by atoms with Crippen molar-refractivity contribution in [3.63, 3.8) is 0 Å². The lowest BCUT2D eigenvalue weighted by atomic mass is 10.1. The van der Waals surface area contributed by atoms with Crippen LogP contribution in [0.15, 0.2) is 48.0 Å². The summed E-state index contributed by atoms with van der Waals surface area (Å²) in [4.78, 5) is 12.8. The number of aryl methyl sites for hydroxylation is 1. The average molecular weight is 468 g/mol. The average Bonchev–Trinajstić information content (AvgIpc) is 3.06. The van der Waals surface area contributed by atoms with Gasteiger partial charge in [0.2, 0.25) is 0 Å². The minimum absolute atomic E-state index is 0.0302. The highest BCUT2D eigenvalue weighted by molar-refractivity contribution is 6.43. The van der Waals surface area contributed by atoms with Crippen LogP contribution in [-0.2, 0) is 4.79 Å². The Balaban J connectivity index is 1.63. The Morgan fingerprint density at radius 1 is 1.12 bits per heavy atom. The third kappa shape index (κ3) is 4.18. The molecule has 0 saturated heterocycles. The number of hydrogen-bond acceptors (Lipinski definition) is 4. The number of fused-ring (bicyclic) bond motifs is 1. The minimum atomic E-state index is -0.519. The van der Waals surface area contributed by atoms with Crippen LogP contribution in [-0.4, -0.2) is 23.7 Å². The first-order chi connectivity index (χ1) is 15.4. The third-order valence-corrected chi connectivity index (χ3v) is 5.92. The molecule has 162 valence electrons. The Bertz CT molecular complexity index is 1290. The van der Waals surface area contributed by atoms with Gasteiger partial charge in [-0.3, -0.25) is 4.79 Å². The molecule has 0 saturated carbocycles. The minimum Gasteiger partial charge on any atom is -0.486 e. The van der Waals surface area contributed by atoms with Crippen LogP contribution in [0.5, 0.6) is 11.5 Å². The number of nitrogens with zero attached hydrogens (tertiary/aromatic N) is 2. The summed E-state index contributed by atoms with van der Waals surface area (Å²) in [5.41, 5.74) is 3.66. The fraction of sp³-hybridized carbons (Fsp3) is 0.167. The van der Waals surface area contributed by atoms with Crippen LogP contribution in [0.1, 0.15) is 17.0 Å². The van der Waals surface area contributed by atoms with Gasteiger partial charge in [-0.2, -0.15) is 5.26 Å². The molecule has 2 aromatic carbocycles. The number of aromatic nitrogens is 1. The van der Waals surface area contributed by atoms with Gasteiger partial charge in [0.25, 0.3) is 5.91 Å². The number of anilines is 1. The van der Waals surface area contributed by atoms with E-state index in [0.717, 1.165) is 22.6 Å². The zero-order valence-corrected chi connectivity index (χ0v) is 18.9. The highest BCUT2D eigenvalue weighted by Gasteiger charge is 2.17. The number of ether oxygens (including phenoxy) is 2. The van der Waals surface area contributed by atoms with Gasteiger partial charge in [-0.25, -0.2) is 0 Å². The fourth-order valence-electron chi connectivity index (χ4n) is 3.59. The van der Waals surface area contributed by atoms with Crippen molar-refractivity contribution >= 4 is 40.9 Å². The maximum atomic E-state index is 12.8. The molecule has 0 radical (unpaired) electrons. The molecule has 0 spiro atoms. The fourth-order valence-corrected chi connectivity index (χ4v) is 3.97. The summed E-state index contributed by atoms with van der Waals surface area (Å²) in [6, 6.07) is 14.4. The monoisotopic (exact) mass is 467 g/mol. The summed E-state index contributed by atoms with van der Waals surface area (Å²) < 4.78 is 13.0. The predicted molar refractivity (Wildman–Crippen MR) is 125 cm³/mol. The molecule has 0 aliphatic carbocycles. The quantitative estimate of drug-likeness (QED) is 0.393. The van der Waals surface area contributed by atoms with Crippen LogP contribution >= 0.6 is 23.2 Å². The van der Waals surface area contributed by atoms with E-state index >= 15 is 0 Å². The highest BCUT2D eigenvalue weighted by Crippen LogP contribution is 2.34. The van der Waals surface area contributed by atoms with Crippen molar-refractivity contribution in [2.24, 2.45) is 0 Å². The summed E-state index contributed by atoms with van der Waals surface area (Å²) in [7, 11) is 0. The molecular formula is C24H19Cl2N3O3. The lowest BCUT2D eigenvalue weighted by Gasteiger charge is -2.18. The first kappa shape index (κ1) is 21.8. The zero-order chi connectivity index (χ0) is 22.8. The van der Waals surface area contributed by atoms with Gasteiger partial charge in [-0.15, -0.1) is 0 Å². The van der Waals surface area contributed by atoms with Crippen LogP contribution in [0.2, 0.25) is 10.0 Å². The topological polar surface area (TPSA) is 76.3 Å². The molecule has 0 atom stereocenters. The smallest absolute Gasteiger partial charge is 0.266 e. The summed E-state index contributed by atoms with van der Waals surface area (Å²) in [5, 5.41) is 13.2. The largest absolute Gasteiger partial charge is 0.486 e. The number of nitrogens with one attached hydrogen (secondary N) is 1. The van der Waals surface area contributed by atoms with Crippen molar-refractivity contribution in [3.8, 4) is 23.3 Å². The number of benzene rings is 2. The molecule has 4 rings (SSSR count). The Hall–Kier alpha value is -3.40. The summed E-state index contributed by atoms with van der Waals surface area (Å²) in [5.74, 6) is 0.658. The van der Waals surface area contributed by atoms with Gasteiger partial charge in [0, 0.05) is 23.1 Å². The number of nitriles is 1. The van der Waals surface area contributed by atoms with Gasteiger partial charge >= 0.3 is 0 Å². The molecule has 1 amide bonds. The molecule has 8 heteroatoms. The molecule has 0 fully saturated rings. The second kappa shape index (κ2) is 8.99. The second-order valence-electron chi connectivity index (χ2n) is 7.22. The first-order valence-electron chi connectivity index (χ1n) is 9.85. The van der Waals surface area contributed by atoms with Crippen molar-refractivity contribution in [3.05, 3.63) is 75.0 Å². The summed E-state index contributed by atoms with van der Waals surface area (Å²) >= 11 is 12.6. The molecule has 3 aromatic rings. The molecule has 1 aromatic heterocycles. The van der Waals surface area contributed by atoms with Crippen molar-refractivity contribution in [2.75, 3.05) is 18.5 Å². The van der Waals surface area contributed by atoms with E-state index in [1.165, 1.54) is 0 Å². The molecular weight excluding hydrogens is 449 g/mol. The van der Waals surface area contributed by atoms with E-state index < -0.39 is 5.91 Å². The number of hydrogen-bond donors (Lipinski definition) is 1. The molecule has 2 heterocycles. The van der Waals surface area contributed by atoms with Crippen LogP contribution in [0.25, 0.3) is 11.8 Å².